The number of para-hydroxylation sites is 1. The molecule has 0 spiro atoms. The lowest BCUT2D eigenvalue weighted by atomic mass is 10.1. The molecular weight excluding hydrogens is 232 g/mol. The van der Waals surface area contributed by atoms with Gasteiger partial charge in [-0.1, -0.05) is 43.9 Å². The van der Waals surface area contributed by atoms with Crippen LogP contribution in [-0.4, -0.2) is 17.6 Å². The Morgan fingerprint density at radius 3 is 2.68 bits per heavy atom. The molecule has 1 heterocycles. The normalized spacial score (nSPS) is 17.7. The highest BCUT2D eigenvalue weighted by Crippen LogP contribution is 2.19. The van der Waals surface area contributed by atoms with Crippen molar-refractivity contribution in [2.24, 2.45) is 0 Å². The molecule has 0 aliphatic heterocycles. The molecule has 0 radical (unpaired) electrons. The van der Waals surface area contributed by atoms with E-state index in [2.05, 4.69) is 40.8 Å². The SMILES string of the molecule is c1ccc2c(CCNC3CCCCCC3)c[nH]c2c1. The molecule has 0 amide bonds. The summed E-state index contributed by atoms with van der Waals surface area (Å²) < 4.78 is 0. The van der Waals surface area contributed by atoms with Crippen molar-refractivity contribution in [1.82, 2.24) is 10.3 Å². The molecule has 1 aromatic heterocycles. The van der Waals surface area contributed by atoms with E-state index in [-0.39, 0.29) is 0 Å². The Labute approximate surface area is 115 Å². The van der Waals surface area contributed by atoms with Gasteiger partial charge >= 0.3 is 0 Å². The molecular formula is C17H24N2. The molecule has 1 aliphatic rings. The van der Waals surface area contributed by atoms with E-state index in [0.29, 0.717) is 0 Å². The second kappa shape index (κ2) is 6.25. The maximum Gasteiger partial charge on any atom is 0.0456 e. The van der Waals surface area contributed by atoms with Crippen LogP contribution in [0, 0.1) is 0 Å². The van der Waals surface area contributed by atoms with Crippen LogP contribution in [0.5, 0.6) is 0 Å². The van der Waals surface area contributed by atoms with Crippen LogP contribution in [0.2, 0.25) is 0 Å². The molecule has 0 unspecified atom stereocenters. The van der Waals surface area contributed by atoms with E-state index >= 15 is 0 Å². The summed E-state index contributed by atoms with van der Waals surface area (Å²) in [5.41, 5.74) is 2.70. The molecule has 0 saturated heterocycles. The van der Waals surface area contributed by atoms with E-state index in [0.717, 1.165) is 19.0 Å². The molecule has 2 N–H and O–H groups in total. The first-order chi connectivity index (χ1) is 9.43. The minimum atomic E-state index is 0.757. The summed E-state index contributed by atoms with van der Waals surface area (Å²) >= 11 is 0. The molecule has 19 heavy (non-hydrogen) atoms. The van der Waals surface area contributed by atoms with Crippen LogP contribution in [0.15, 0.2) is 30.5 Å². The molecule has 1 aromatic carbocycles. The predicted molar refractivity (Wildman–Crippen MR) is 81.5 cm³/mol. The van der Waals surface area contributed by atoms with Crippen molar-refractivity contribution >= 4 is 10.9 Å². The summed E-state index contributed by atoms with van der Waals surface area (Å²) in [6.45, 7) is 1.10. The zero-order valence-corrected chi connectivity index (χ0v) is 11.6. The average molecular weight is 256 g/mol. The summed E-state index contributed by atoms with van der Waals surface area (Å²) in [6.07, 6.45) is 11.7. The minimum absolute atomic E-state index is 0.757. The molecule has 0 atom stereocenters. The summed E-state index contributed by atoms with van der Waals surface area (Å²) in [5.74, 6) is 0. The van der Waals surface area contributed by atoms with Gasteiger partial charge in [0, 0.05) is 23.1 Å². The van der Waals surface area contributed by atoms with Crippen molar-refractivity contribution < 1.29 is 0 Å². The van der Waals surface area contributed by atoms with Crippen LogP contribution < -0.4 is 5.32 Å². The van der Waals surface area contributed by atoms with Crippen molar-refractivity contribution in [2.45, 2.75) is 51.0 Å². The first kappa shape index (κ1) is 12.7. The quantitative estimate of drug-likeness (QED) is 0.794. The molecule has 1 fully saturated rings. The fourth-order valence-corrected chi connectivity index (χ4v) is 3.23. The second-order valence-corrected chi connectivity index (χ2v) is 5.75. The van der Waals surface area contributed by atoms with E-state index in [4.69, 9.17) is 0 Å². The number of fused-ring (bicyclic) bond motifs is 1. The minimum Gasteiger partial charge on any atom is -0.361 e. The second-order valence-electron chi connectivity index (χ2n) is 5.75. The Hall–Kier alpha value is -1.28. The van der Waals surface area contributed by atoms with Gasteiger partial charge in [0.1, 0.15) is 0 Å². The molecule has 2 aromatic rings. The van der Waals surface area contributed by atoms with Gasteiger partial charge in [0.05, 0.1) is 0 Å². The topological polar surface area (TPSA) is 27.8 Å². The number of benzene rings is 1. The first-order valence-electron chi connectivity index (χ1n) is 7.72. The highest BCUT2D eigenvalue weighted by molar-refractivity contribution is 5.83. The van der Waals surface area contributed by atoms with Crippen molar-refractivity contribution in [1.29, 1.82) is 0 Å². The summed E-state index contributed by atoms with van der Waals surface area (Å²) in [4.78, 5) is 3.36. The van der Waals surface area contributed by atoms with Gasteiger partial charge in [-0.25, -0.2) is 0 Å². The van der Waals surface area contributed by atoms with Crippen LogP contribution in [0.1, 0.15) is 44.1 Å². The third-order valence-electron chi connectivity index (χ3n) is 4.36. The molecule has 1 saturated carbocycles. The fourth-order valence-electron chi connectivity index (χ4n) is 3.23. The molecule has 2 nitrogen and oxygen atoms in total. The van der Waals surface area contributed by atoms with Crippen molar-refractivity contribution in [3.05, 3.63) is 36.0 Å². The van der Waals surface area contributed by atoms with Crippen LogP contribution >= 0.6 is 0 Å². The fraction of sp³-hybridized carbons (Fsp3) is 0.529. The Balaban J connectivity index is 1.54. The van der Waals surface area contributed by atoms with Crippen molar-refractivity contribution in [3.63, 3.8) is 0 Å². The standard InChI is InChI=1S/C17H24N2/c1-2-4-8-15(7-3-1)18-12-11-14-13-19-17-10-6-5-9-16(14)17/h5-6,9-10,13,15,18-19H,1-4,7-8,11-12H2. The lowest BCUT2D eigenvalue weighted by molar-refractivity contribution is 0.463. The smallest absolute Gasteiger partial charge is 0.0456 e. The molecule has 2 heteroatoms. The molecule has 0 bridgehead atoms. The highest BCUT2D eigenvalue weighted by Gasteiger charge is 2.11. The van der Waals surface area contributed by atoms with E-state index in [9.17, 15) is 0 Å². The van der Waals surface area contributed by atoms with Crippen molar-refractivity contribution in [3.8, 4) is 0 Å². The zero-order chi connectivity index (χ0) is 12.9. The Kier molecular flexibility index (Phi) is 4.19. The number of H-pyrrole nitrogens is 1. The van der Waals surface area contributed by atoms with E-state index < -0.39 is 0 Å². The monoisotopic (exact) mass is 256 g/mol. The number of nitrogens with one attached hydrogen (secondary N) is 2. The average Bonchev–Trinajstić information content (AvgIpc) is 2.68. The van der Waals surface area contributed by atoms with Gasteiger partial charge < -0.3 is 10.3 Å². The van der Waals surface area contributed by atoms with Crippen LogP contribution in [0.4, 0.5) is 0 Å². The van der Waals surface area contributed by atoms with Gasteiger partial charge in [-0.3, -0.25) is 0 Å². The zero-order valence-electron chi connectivity index (χ0n) is 11.6. The molecule has 1 aliphatic carbocycles. The van der Waals surface area contributed by atoms with Gasteiger partial charge in [-0.05, 0) is 37.4 Å². The van der Waals surface area contributed by atoms with Crippen molar-refractivity contribution in [2.75, 3.05) is 6.54 Å². The third-order valence-corrected chi connectivity index (χ3v) is 4.36. The lowest BCUT2D eigenvalue weighted by Gasteiger charge is -2.15. The van der Waals surface area contributed by atoms with E-state index in [1.54, 1.807) is 0 Å². The Morgan fingerprint density at radius 1 is 1.05 bits per heavy atom. The van der Waals surface area contributed by atoms with Gasteiger partial charge in [0.15, 0.2) is 0 Å². The number of aromatic nitrogens is 1. The first-order valence-corrected chi connectivity index (χ1v) is 7.72. The Morgan fingerprint density at radius 2 is 1.84 bits per heavy atom. The largest absolute Gasteiger partial charge is 0.361 e. The maximum atomic E-state index is 3.75. The summed E-state index contributed by atoms with van der Waals surface area (Å²) in [5, 5.41) is 5.13. The number of hydrogen-bond donors (Lipinski definition) is 2. The maximum absolute atomic E-state index is 3.75. The van der Waals surface area contributed by atoms with Crippen LogP contribution in [0.25, 0.3) is 10.9 Å². The highest BCUT2D eigenvalue weighted by atomic mass is 14.9. The third kappa shape index (κ3) is 3.19. The van der Waals surface area contributed by atoms with E-state index in [1.807, 2.05) is 0 Å². The lowest BCUT2D eigenvalue weighted by Crippen LogP contribution is -2.30. The summed E-state index contributed by atoms with van der Waals surface area (Å²) in [6, 6.07) is 9.34. The molecule has 102 valence electrons. The number of aromatic amines is 1. The van der Waals surface area contributed by atoms with Gasteiger partial charge in [0.2, 0.25) is 0 Å². The van der Waals surface area contributed by atoms with E-state index in [1.165, 1.54) is 55.0 Å². The predicted octanol–water partition coefficient (Wildman–Crippen LogP) is 4.02. The number of rotatable bonds is 4. The van der Waals surface area contributed by atoms with Crippen LogP contribution in [0.3, 0.4) is 0 Å². The number of hydrogen-bond acceptors (Lipinski definition) is 1. The Bertz CT molecular complexity index is 507. The van der Waals surface area contributed by atoms with Gasteiger partial charge in [0.25, 0.3) is 0 Å². The van der Waals surface area contributed by atoms with Crippen LogP contribution in [-0.2, 0) is 6.42 Å². The van der Waals surface area contributed by atoms with Gasteiger partial charge in [-0.15, -0.1) is 0 Å². The molecule has 3 rings (SSSR count). The van der Waals surface area contributed by atoms with Gasteiger partial charge in [-0.2, -0.15) is 0 Å². The summed E-state index contributed by atoms with van der Waals surface area (Å²) in [7, 11) is 0.